The van der Waals surface area contributed by atoms with Crippen LogP contribution in [0.25, 0.3) is 0 Å². The van der Waals surface area contributed by atoms with Crippen LogP contribution in [0.2, 0.25) is 0 Å². The summed E-state index contributed by atoms with van der Waals surface area (Å²) in [4.78, 5) is 0. The van der Waals surface area contributed by atoms with Gasteiger partial charge in [-0.05, 0) is 79.6 Å². The molecule has 1 heteroatoms. The van der Waals surface area contributed by atoms with Crippen molar-refractivity contribution in [1.29, 1.82) is 0 Å². The summed E-state index contributed by atoms with van der Waals surface area (Å²) in [7, 11) is 0. The zero-order valence-electron chi connectivity index (χ0n) is 14.5. The topological polar surface area (TPSA) is 20.2 Å². The van der Waals surface area contributed by atoms with E-state index in [0.29, 0.717) is 11.7 Å². The Bertz CT molecular complexity index is 612. The highest BCUT2D eigenvalue weighted by molar-refractivity contribution is 5.49. The highest BCUT2D eigenvalue weighted by atomic mass is 16.3. The molecule has 0 radical (unpaired) electrons. The molecule has 0 spiro atoms. The van der Waals surface area contributed by atoms with Crippen molar-refractivity contribution in [1.82, 2.24) is 0 Å². The lowest BCUT2D eigenvalue weighted by molar-refractivity contribution is 0.475. The second kappa shape index (κ2) is 7.00. The average Bonchev–Trinajstić information content (AvgIpc) is 2.50. The molecular formula is C21H28O. The van der Waals surface area contributed by atoms with Crippen molar-refractivity contribution in [3.05, 3.63) is 63.7 Å². The number of benzene rings is 2. The summed E-state index contributed by atoms with van der Waals surface area (Å²) in [5, 5.41) is 9.58. The second-order valence-corrected chi connectivity index (χ2v) is 6.46. The molecule has 118 valence electrons. The summed E-state index contributed by atoms with van der Waals surface area (Å²) in [6.07, 6.45) is 3.58. The van der Waals surface area contributed by atoms with Crippen LogP contribution in [0.4, 0.5) is 0 Å². The Kier molecular flexibility index (Phi) is 5.28. The number of rotatable bonds is 5. The fraction of sp³-hybridized carbons (Fsp3) is 0.429. The molecule has 1 N–H and O–H groups in total. The van der Waals surface area contributed by atoms with E-state index >= 15 is 0 Å². The number of aryl methyl sites for hydroxylation is 2. The number of unbranched alkanes of at least 4 members (excludes halogenated alkanes) is 1. The van der Waals surface area contributed by atoms with E-state index in [4.69, 9.17) is 0 Å². The molecule has 2 aromatic rings. The number of aromatic hydroxyl groups is 1. The van der Waals surface area contributed by atoms with Crippen LogP contribution < -0.4 is 0 Å². The molecule has 0 aliphatic heterocycles. The fourth-order valence-corrected chi connectivity index (χ4v) is 3.36. The molecule has 0 aliphatic carbocycles. The summed E-state index contributed by atoms with van der Waals surface area (Å²) < 4.78 is 0. The summed E-state index contributed by atoms with van der Waals surface area (Å²) in [6, 6.07) is 10.1. The molecule has 0 fully saturated rings. The lowest BCUT2D eigenvalue weighted by Gasteiger charge is -2.25. The van der Waals surface area contributed by atoms with E-state index < -0.39 is 0 Å². The third kappa shape index (κ3) is 3.35. The van der Waals surface area contributed by atoms with Gasteiger partial charge in [0.2, 0.25) is 0 Å². The maximum Gasteiger partial charge on any atom is 0.115 e. The molecular weight excluding hydrogens is 268 g/mol. The van der Waals surface area contributed by atoms with Gasteiger partial charge in [0.05, 0.1) is 0 Å². The number of hydrogen-bond acceptors (Lipinski definition) is 1. The van der Waals surface area contributed by atoms with Crippen LogP contribution in [0.15, 0.2) is 30.3 Å². The van der Waals surface area contributed by atoms with Gasteiger partial charge in [-0.3, -0.25) is 0 Å². The third-order valence-corrected chi connectivity index (χ3v) is 4.91. The van der Waals surface area contributed by atoms with Crippen molar-refractivity contribution in [2.24, 2.45) is 0 Å². The van der Waals surface area contributed by atoms with Crippen LogP contribution in [0.3, 0.4) is 0 Å². The van der Waals surface area contributed by atoms with E-state index in [1.165, 1.54) is 46.2 Å². The van der Waals surface area contributed by atoms with Crippen molar-refractivity contribution in [2.75, 3.05) is 0 Å². The molecule has 1 atom stereocenters. The Hall–Kier alpha value is -1.76. The van der Waals surface area contributed by atoms with E-state index in [-0.39, 0.29) is 0 Å². The lowest BCUT2D eigenvalue weighted by Crippen LogP contribution is -2.08. The lowest BCUT2D eigenvalue weighted by atomic mass is 9.80. The zero-order valence-corrected chi connectivity index (χ0v) is 14.5. The molecule has 22 heavy (non-hydrogen) atoms. The molecule has 2 rings (SSSR count). The summed E-state index contributed by atoms with van der Waals surface area (Å²) in [5.41, 5.74) is 8.37. The third-order valence-electron chi connectivity index (χ3n) is 4.91. The van der Waals surface area contributed by atoms with Crippen LogP contribution in [-0.4, -0.2) is 5.11 Å². The smallest absolute Gasteiger partial charge is 0.115 e. The molecule has 0 aromatic heterocycles. The molecule has 1 unspecified atom stereocenters. The maximum absolute atomic E-state index is 9.58. The zero-order chi connectivity index (χ0) is 16.3. The first-order chi connectivity index (χ1) is 10.5. The monoisotopic (exact) mass is 296 g/mol. The van der Waals surface area contributed by atoms with E-state index in [2.05, 4.69) is 52.8 Å². The van der Waals surface area contributed by atoms with Crippen LogP contribution in [0, 0.1) is 27.7 Å². The molecule has 0 bridgehead atoms. The van der Waals surface area contributed by atoms with Gasteiger partial charge in [0.1, 0.15) is 5.75 Å². The molecule has 0 aliphatic rings. The summed E-state index contributed by atoms with van der Waals surface area (Å²) in [5.74, 6) is 0.756. The normalized spacial score (nSPS) is 12.4. The molecule has 0 saturated carbocycles. The van der Waals surface area contributed by atoms with Gasteiger partial charge in [-0.15, -0.1) is 0 Å². The van der Waals surface area contributed by atoms with Crippen LogP contribution in [0.1, 0.15) is 65.5 Å². The minimum absolute atomic E-state index is 0.340. The number of phenolic OH excluding ortho intramolecular Hbond substituents is 1. The van der Waals surface area contributed by atoms with Gasteiger partial charge >= 0.3 is 0 Å². The predicted molar refractivity (Wildman–Crippen MR) is 94.9 cm³/mol. The SMILES string of the molecule is CCCCC(c1ccc(O)cc1)c1c(C)c(C)cc(C)c1C. The predicted octanol–water partition coefficient (Wildman–Crippen LogP) is 5.95. The Morgan fingerprint density at radius 1 is 0.909 bits per heavy atom. The largest absolute Gasteiger partial charge is 0.508 e. The standard InChI is InChI=1S/C21H28O/c1-6-7-8-20(18-9-11-19(22)12-10-18)21-16(4)14(2)13-15(3)17(21)5/h9-13,20,22H,6-8H2,1-5H3. The van der Waals surface area contributed by atoms with Crippen molar-refractivity contribution in [3.8, 4) is 5.75 Å². The van der Waals surface area contributed by atoms with Gasteiger partial charge in [0.15, 0.2) is 0 Å². The first kappa shape index (κ1) is 16.6. The first-order valence-electron chi connectivity index (χ1n) is 8.32. The first-order valence-corrected chi connectivity index (χ1v) is 8.32. The number of hydrogen-bond donors (Lipinski definition) is 1. The molecule has 1 nitrogen and oxygen atoms in total. The minimum Gasteiger partial charge on any atom is -0.508 e. The van der Waals surface area contributed by atoms with Crippen LogP contribution in [-0.2, 0) is 0 Å². The highest BCUT2D eigenvalue weighted by Crippen LogP contribution is 2.37. The van der Waals surface area contributed by atoms with Gasteiger partial charge in [-0.25, -0.2) is 0 Å². The van der Waals surface area contributed by atoms with E-state index in [1.54, 1.807) is 0 Å². The Balaban J connectivity index is 2.57. The highest BCUT2D eigenvalue weighted by Gasteiger charge is 2.20. The number of phenols is 1. The quantitative estimate of drug-likeness (QED) is 0.723. The van der Waals surface area contributed by atoms with Crippen LogP contribution >= 0.6 is 0 Å². The molecule has 0 amide bonds. The Morgan fingerprint density at radius 3 is 1.95 bits per heavy atom. The fourth-order valence-electron chi connectivity index (χ4n) is 3.36. The van der Waals surface area contributed by atoms with Gasteiger partial charge in [0, 0.05) is 5.92 Å². The second-order valence-electron chi connectivity index (χ2n) is 6.46. The van der Waals surface area contributed by atoms with E-state index in [1.807, 2.05) is 12.1 Å². The van der Waals surface area contributed by atoms with E-state index in [0.717, 1.165) is 6.42 Å². The van der Waals surface area contributed by atoms with Gasteiger partial charge in [0.25, 0.3) is 0 Å². The molecule has 0 heterocycles. The maximum atomic E-state index is 9.58. The summed E-state index contributed by atoms with van der Waals surface area (Å²) in [6.45, 7) is 11.2. The average molecular weight is 296 g/mol. The van der Waals surface area contributed by atoms with Crippen LogP contribution in [0.5, 0.6) is 5.75 Å². The van der Waals surface area contributed by atoms with Gasteiger partial charge < -0.3 is 5.11 Å². The Morgan fingerprint density at radius 2 is 1.45 bits per heavy atom. The van der Waals surface area contributed by atoms with Gasteiger partial charge in [-0.1, -0.05) is 38.0 Å². The van der Waals surface area contributed by atoms with Crippen molar-refractivity contribution < 1.29 is 5.11 Å². The van der Waals surface area contributed by atoms with Gasteiger partial charge in [-0.2, -0.15) is 0 Å². The van der Waals surface area contributed by atoms with E-state index in [9.17, 15) is 5.11 Å². The minimum atomic E-state index is 0.340. The summed E-state index contributed by atoms with van der Waals surface area (Å²) >= 11 is 0. The Labute approximate surface area is 135 Å². The van der Waals surface area contributed by atoms with Crippen molar-refractivity contribution in [3.63, 3.8) is 0 Å². The molecule has 0 saturated heterocycles. The van der Waals surface area contributed by atoms with Crippen molar-refractivity contribution >= 4 is 0 Å². The molecule has 2 aromatic carbocycles. The van der Waals surface area contributed by atoms with Crippen molar-refractivity contribution in [2.45, 2.75) is 59.8 Å².